The highest BCUT2D eigenvalue weighted by Gasteiger charge is 2.43. The summed E-state index contributed by atoms with van der Waals surface area (Å²) in [7, 11) is 0. The van der Waals surface area contributed by atoms with Crippen LogP contribution in [-0.2, 0) is 4.79 Å². The Bertz CT molecular complexity index is 773. The lowest BCUT2D eigenvalue weighted by Crippen LogP contribution is -2.20. The molecule has 2 atom stereocenters. The Kier molecular flexibility index (Phi) is 3.91. The summed E-state index contributed by atoms with van der Waals surface area (Å²) in [4.78, 5) is 12.1. The lowest BCUT2D eigenvalue weighted by atomic mass is 10.1. The van der Waals surface area contributed by atoms with E-state index in [0.29, 0.717) is 24.9 Å². The minimum absolute atomic E-state index is 0.0183. The first-order valence-corrected chi connectivity index (χ1v) is 8.09. The van der Waals surface area contributed by atoms with Gasteiger partial charge in [-0.2, -0.15) is 5.10 Å². The lowest BCUT2D eigenvalue weighted by Gasteiger charge is -2.18. The molecule has 2 unspecified atom stereocenters. The van der Waals surface area contributed by atoms with E-state index < -0.39 is 0 Å². The maximum absolute atomic E-state index is 12.1. The molecule has 4 rings (SSSR count). The molecule has 2 aromatic carbocycles. The van der Waals surface area contributed by atoms with E-state index in [2.05, 4.69) is 22.7 Å². The molecule has 0 radical (unpaired) electrons. The maximum Gasteiger partial charge on any atom is 0.243 e. The number of hydrazone groups is 1. The second-order valence-corrected chi connectivity index (χ2v) is 6.00. The molecule has 2 aliphatic rings. The van der Waals surface area contributed by atoms with Crippen LogP contribution in [0.4, 0.5) is 0 Å². The van der Waals surface area contributed by atoms with Crippen LogP contribution in [0.1, 0.15) is 23.5 Å². The predicted octanol–water partition coefficient (Wildman–Crippen LogP) is 2.71. The molecular formula is C19H18N2O3. The zero-order valence-electron chi connectivity index (χ0n) is 13.1. The average molecular weight is 322 g/mol. The molecule has 122 valence electrons. The van der Waals surface area contributed by atoms with Crippen LogP contribution in [0.2, 0.25) is 0 Å². The monoisotopic (exact) mass is 322 g/mol. The van der Waals surface area contributed by atoms with E-state index in [4.69, 9.17) is 9.47 Å². The molecule has 1 amide bonds. The fourth-order valence-electron chi connectivity index (χ4n) is 2.95. The minimum Gasteiger partial charge on any atom is -0.486 e. The number of nitrogens with zero attached hydrogens (tertiary/aromatic N) is 1. The fourth-order valence-corrected chi connectivity index (χ4v) is 2.95. The van der Waals surface area contributed by atoms with Gasteiger partial charge in [-0.3, -0.25) is 4.79 Å². The highest BCUT2D eigenvalue weighted by atomic mass is 16.6. The molecule has 5 heteroatoms. The molecule has 2 aromatic rings. The Balaban J connectivity index is 1.34. The summed E-state index contributed by atoms with van der Waals surface area (Å²) in [5.41, 5.74) is 4.70. The normalized spacial score (nSPS) is 21.5. The van der Waals surface area contributed by atoms with Gasteiger partial charge in [0.25, 0.3) is 0 Å². The van der Waals surface area contributed by atoms with Gasteiger partial charge in [0.1, 0.15) is 13.2 Å². The highest BCUT2D eigenvalue weighted by Crippen LogP contribution is 2.47. The number of fused-ring (bicyclic) bond motifs is 1. The van der Waals surface area contributed by atoms with E-state index in [0.717, 1.165) is 17.7 Å². The van der Waals surface area contributed by atoms with Gasteiger partial charge in [0.2, 0.25) is 5.91 Å². The van der Waals surface area contributed by atoms with Crippen LogP contribution in [0.5, 0.6) is 11.5 Å². The number of hydrogen-bond acceptors (Lipinski definition) is 4. The van der Waals surface area contributed by atoms with Crippen molar-refractivity contribution < 1.29 is 14.3 Å². The molecule has 5 nitrogen and oxygen atoms in total. The summed E-state index contributed by atoms with van der Waals surface area (Å²) < 4.78 is 11.0. The van der Waals surface area contributed by atoms with Crippen molar-refractivity contribution in [1.82, 2.24) is 5.43 Å². The van der Waals surface area contributed by atoms with Gasteiger partial charge in [-0.1, -0.05) is 30.3 Å². The lowest BCUT2D eigenvalue weighted by molar-refractivity contribution is -0.122. The van der Waals surface area contributed by atoms with Crippen LogP contribution >= 0.6 is 0 Å². The fraction of sp³-hybridized carbons (Fsp3) is 0.263. The van der Waals surface area contributed by atoms with Gasteiger partial charge in [-0.25, -0.2) is 5.43 Å². The Labute approximate surface area is 140 Å². The van der Waals surface area contributed by atoms with Crippen molar-refractivity contribution in [3.63, 3.8) is 0 Å². The molecule has 1 aliphatic carbocycles. The summed E-state index contributed by atoms with van der Waals surface area (Å²) in [5, 5.41) is 4.06. The van der Waals surface area contributed by atoms with Crippen LogP contribution in [0.3, 0.4) is 0 Å². The molecule has 1 saturated carbocycles. The highest BCUT2D eigenvalue weighted by molar-refractivity contribution is 5.86. The van der Waals surface area contributed by atoms with Gasteiger partial charge < -0.3 is 9.47 Å². The van der Waals surface area contributed by atoms with E-state index in [1.54, 1.807) is 6.21 Å². The molecule has 1 N–H and O–H groups in total. The molecule has 0 saturated heterocycles. The van der Waals surface area contributed by atoms with Crippen LogP contribution in [0.15, 0.2) is 53.6 Å². The van der Waals surface area contributed by atoms with Crippen molar-refractivity contribution in [2.75, 3.05) is 13.2 Å². The van der Waals surface area contributed by atoms with E-state index in [1.165, 1.54) is 5.56 Å². The molecule has 0 aromatic heterocycles. The van der Waals surface area contributed by atoms with Crippen molar-refractivity contribution in [3.05, 3.63) is 59.7 Å². The quantitative estimate of drug-likeness (QED) is 0.695. The van der Waals surface area contributed by atoms with Gasteiger partial charge in [0.05, 0.1) is 6.21 Å². The van der Waals surface area contributed by atoms with Crippen molar-refractivity contribution in [1.29, 1.82) is 0 Å². The number of carbonyl (C=O) groups excluding carboxylic acids is 1. The third-order valence-electron chi connectivity index (χ3n) is 4.31. The van der Waals surface area contributed by atoms with Crippen LogP contribution in [0, 0.1) is 5.92 Å². The number of nitrogens with one attached hydrogen (secondary N) is 1. The zero-order chi connectivity index (χ0) is 16.4. The maximum atomic E-state index is 12.1. The smallest absolute Gasteiger partial charge is 0.243 e. The summed E-state index contributed by atoms with van der Waals surface area (Å²) in [5.74, 6) is 1.76. The topological polar surface area (TPSA) is 59.9 Å². The van der Waals surface area contributed by atoms with Crippen molar-refractivity contribution in [2.24, 2.45) is 11.0 Å². The van der Waals surface area contributed by atoms with E-state index in [1.807, 2.05) is 36.4 Å². The largest absolute Gasteiger partial charge is 0.486 e. The number of hydrogen-bond donors (Lipinski definition) is 1. The van der Waals surface area contributed by atoms with Crippen LogP contribution in [0.25, 0.3) is 0 Å². The van der Waals surface area contributed by atoms with Gasteiger partial charge in [-0.05, 0) is 41.7 Å². The summed E-state index contributed by atoms with van der Waals surface area (Å²) in [6.45, 7) is 1.12. The Morgan fingerprint density at radius 3 is 2.71 bits per heavy atom. The van der Waals surface area contributed by atoms with E-state index in [9.17, 15) is 4.79 Å². The molecule has 1 aliphatic heterocycles. The summed E-state index contributed by atoms with van der Waals surface area (Å²) in [6, 6.07) is 15.7. The number of carbonyl (C=O) groups is 1. The second-order valence-electron chi connectivity index (χ2n) is 6.00. The van der Waals surface area contributed by atoms with Crippen LogP contribution < -0.4 is 14.9 Å². The van der Waals surface area contributed by atoms with Crippen molar-refractivity contribution in [2.45, 2.75) is 12.3 Å². The molecule has 0 bridgehead atoms. The van der Waals surface area contributed by atoms with Crippen LogP contribution in [-0.4, -0.2) is 25.3 Å². The minimum atomic E-state index is -0.0300. The standard InChI is InChI=1S/C19H18N2O3/c22-19(16-11-15(16)14-4-2-1-3-5-14)21-20-12-13-6-7-17-18(10-13)24-9-8-23-17/h1-7,10,12,15-16H,8-9,11H2,(H,21,22). The second kappa shape index (κ2) is 6.35. The molecular weight excluding hydrogens is 304 g/mol. The van der Waals surface area contributed by atoms with Gasteiger partial charge in [-0.15, -0.1) is 0 Å². The Morgan fingerprint density at radius 2 is 1.88 bits per heavy atom. The van der Waals surface area contributed by atoms with Crippen molar-refractivity contribution >= 4 is 12.1 Å². The third-order valence-corrected chi connectivity index (χ3v) is 4.31. The molecule has 1 fully saturated rings. The predicted molar refractivity (Wildman–Crippen MR) is 90.5 cm³/mol. The number of amides is 1. The summed E-state index contributed by atoms with van der Waals surface area (Å²) in [6.07, 6.45) is 2.51. The van der Waals surface area contributed by atoms with Gasteiger partial charge >= 0.3 is 0 Å². The molecule has 0 spiro atoms. The summed E-state index contributed by atoms with van der Waals surface area (Å²) >= 11 is 0. The first-order valence-electron chi connectivity index (χ1n) is 8.09. The Hall–Kier alpha value is -2.82. The molecule has 1 heterocycles. The zero-order valence-corrected chi connectivity index (χ0v) is 13.1. The van der Waals surface area contributed by atoms with Gasteiger partial charge in [0, 0.05) is 5.92 Å². The Morgan fingerprint density at radius 1 is 1.08 bits per heavy atom. The third kappa shape index (κ3) is 3.11. The number of benzene rings is 2. The van der Waals surface area contributed by atoms with E-state index in [-0.39, 0.29) is 11.8 Å². The first kappa shape index (κ1) is 14.8. The van der Waals surface area contributed by atoms with Crippen molar-refractivity contribution in [3.8, 4) is 11.5 Å². The van der Waals surface area contributed by atoms with Gasteiger partial charge in [0.15, 0.2) is 11.5 Å². The first-order chi connectivity index (χ1) is 11.8. The number of rotatable bonds is 4. The number of ether oxygens (including phenoxy) is 2. The van der Waals surface area contributed by atoms with E-state index >= 15 is 0 Å². The average Bonchev–Trinajstić information content (AvgIpc) is 3.43. The molecule has 24 heavy (non-hydrogen) atoms. The SMILES string of the molecule is O=C(NN=Cc1ccc2c(c1)OCCO2)C1CC1c1ccccc1.